The van der Waals surface area contributed by atoms with Crippen LogP contribution in [0, 0.1) is 0 Å². The third-order valence-electron chi connectivity index (χ3n) is 3.52. The summed E-state index contributed by atoms with van der Waals surface area (Å²) >= 11 is 0. The normalized spacial score (nSPS) is 18.5. The van der Waals surface area contributed by atoms with Crippen LogP contribution in [0.3, 0.4) is 0 Å². The lowest BCUT2D eigenvalue weighted by Gasteiger charge is -2.34. The molecule has 0 N–H and O–H groups in total. The van der Waals surface area contributed by atoms with E-state index >= 15 is 0 Å². The number of ether oxygens (including phenoxy) is 2. The second-order valence-corrected chi connectivity index (χ2v) is 6.59. The van der Waals surface area contributed by atoms with E-state index in [0.717, 1.165) is 5.56 Å². The van der Waals surface area contributed by atoms with Crippen molar-refractivity contribution in [2.45, 2.75) is 32.4 Å². The van der Waals surface area contributed by atoms with E-state index in [9.17, 15) is 4.79 Å². The van der Waals surface area contributed by atoms with Crippen LogP contribution in [0.2, 0.25) is 0 Å². The van der Waals surface area contributed by atoms with Crippen molar-refractivity contribution in [3.05, 3.63) is 36.2 Å². The Morgan fingerprint density at radius 2 is 2.04 bits per heavy atom. The van der Waals surface area contributed by atoms with Crippen molar-refractivity contribution >= 4 is 6.09 Å². The van der Waals surface area contributed by atoms with E-state index in [0.29, 0.717) is 31.5 Å². The molecule has 0 spiro atoms. The molecule has 3 rings (SSSR count). The molecule has 1 aromatic carbocycles. The maximum Gasteiger partial charge on any atom is 0.411 e. The summed E-state index contributed by atoms with van der Waals surface area (Å²) in [6.45, 7) is 6.68. The number of nitrogens with zero attached hydrogens (tertiary/aromatic N) is 3. The lowest BCUT2D eigenvalue weighted by atomic mass is 10.2. The molecule has 0 saturated carbocycles. The molecule has 7 nitrogen and oxygen atoms in total. The molecule has 1 aliphatic rings. The molecular weight excluding hydrogens is 310 g/mol. The third-order valence-corrected chi connectivity index (χ3v) is 3.52. The van der Waals surface area contributed by atoms with Crippen LogP contribution >= 0.6 is 0 Å². The van der Waals surface area contributed by atoms with Gasteiger partial charge in [0.1, 0.15) is 11.6 Å². The summed E-state index contributed by atoms with van der Waals surface area (Å²) in [6, 6.07) is 9.09. The van der Waals surface area contributed by atoms with E-state index in [-0.39, 0.29) is 0 Å². The Morgan fingerprint density at radius 3 is 2.75 bits per heavy atom. The van der Waals surface area contributed by atoms with Crippen molar-refractivity contribution in [1.29, 1.82) is 0 Å². The number of hydrogen-bond donors (Lipinski definition) is 0. The largest absolute Gasteiger partial charge is 0.444 e. The number of amides is 1. The van der Waals surface area contributed by atoms with Crippen LogP contribution in [-0.4, -0.2) is 46.5 Å². The Morgan fingerprint density at radius 1 is 1.29 bits per heavy atom. The fourth-order valence-corrected chi connectivity index (χ4v) is 2.42. The van der Waals surface area contributed by atoms with Gasteiger partial charge in [-0.2, -0.15) is 4.98 Å². The van der Waals surface area contributed by atoms with E-state index in [4.69, 9.17) is 14.0 Å². The van der Waals surface area contributed by atoms with E-state index in [1.807, 2.05) is 51.1 Å². The highest BCUT2D eigenvalue weighted by molar-refractivity contribution is 5.69. The monoisotopic (exact) mass is 331 g/mol. The Hall–Kier alpha value is -2.41. The van der Waals surface area contributed by atoms with Crippen LogP contribution in [0.1, 0.15) is 32.7 Å². The zero-order valence-corrected chi connectivity index (χ0v) is 14.1. The number of carbonyl (C=O) groups excluding carboxylic acids is 1. The second kappa shape index (κ2) is 6.60. The van der Waals surface area contributed by atoms with Crippen LogP contribution in [0.5, 0.6) is 0 Å². The van der Waals surface area contributed by atoms with Crippen LogP contribution in [0.4, 0.5) is 4.79 Å². The van der Waals surface area contributed by atoms with Gasteiger partial charge in [0.25, 0.3) is 5.89 Å². The molecule has 1 aromatic heterocycles. The minimum atomic E-state index is -0.565. The van der Waals surface area contributed by atoms with Gasteiger partial charge in [-0.3, -0.25) is 4.90 Å². The summed E-state index contributed by atoms with van der Waals surface area (Å²) in [5.74, 6) is 0.833. The van der Waals surface area contributed by atoms with Gasteiger partial charge in [0.15, 0.2) is 0 Å². The molecule has 24 heavy (non-hydrogen) atoms. The summed E-state index contributed by atoms with van der Waals surface area (Å²) in [5.41, 5.74) is 0.289. The highest BCUT2D eigenvalue weighted by atomic mass is 16.6. The Balaban J connectivity index is 1.81. The molecule has 1 fully saturated rings. The standard InChI is InChI=1S/C17H21N3O4/c1-17(2,3)23-16(21)20-9-10-22-11-13(20)15-18-14(19-24-15)12-7-5-4-6-8-12/h4-8,13H,9-11H2,1-3H3. The maximum atomic E-state index is 12.4. The molecule has 7 heteroatoms. The van der Waals surface area contributed by atoms with E-state index in [1.165, 1.54) is 0 Å². The first-order chi connectivity index (χ1) is 11.4. The molecule has 2 heterocycles. The number of benzene rings is 1. The lowest BCUT2D eigenvalue weighted by Crippen LogP contribution is -2.45. The predicted octanol–water partition coefficient (Wildman–Crippen LogP) is 3.05. The molecule has 1 unspecified atom stereocenters. The minimum absolute atomic E-state index is 0.301. The van der Waals surface area contributed by atoms with Gasteiger partial charge in [-0.25, -0.2) is 4.79 Å². The van der Waals surface area contributed by atoms with Crippen LogP contribution in [0.25, 0.3) is 11.4 Å². The van der Waals surface area contributed by atoms with Gasteiger partial charge in [0, 0.05) is 12.1 Å². The predicted molar refractivity (Wildman–Crippen MR) is 86.2 cm³/mol. The summed E-state index contributed by atoms with van der Waals surface area (Å²) in [6.07, 6.45) is -0.407. The highest BCUT2D eigenvalue weighted by Crippen LogP contribution is 2.27. The number of hydrogen-bond acceptors (Lipinski definition) is 6. The SMILES string of the molecule is CC(C)(C)OC(=O)N1CCOCC1c1nc(-c2ccccc2)no1. The van der Waals surface area contributed by atoms with Crippen LogP contribution in [0.15, 0.2) is 34.9 Å². The van der Waals surface area contributed by atoms with Crippen LogP contribution < -0.4 is 0 Å². The molecule has 2 aromatic rings. The first-order valence-corrected chi connectivity index (χ1v) is 7.90. The van der Waals surface area contributed by atoms with Crippen LogP contribution in [-0.2, 0) is 9.47 Å². The van der Waals surface area contributed by atoms with E-state index in [2.05, 4.69) is 10.1 Å². The zero-order chi connectivity index (χ0) is 17.2. The summed E-state index contributed by atoms with van der Waals surface area (Å²) in [7, 11) is 0. The van der Waals surface area contributed by atoms with Gasteiger partial charge in [-0.05, 0) is 20.8 Å². The Bertz CT molecular complexity index is 693. The highest BCUT2D eigenvalue weighted by Gasteiger charge is 2.35. The second-order valence-electron chi connectivity index (χ2n) is 6.59. The van der Waals surface area contributed by atoms with E-state index in [1.54, 1.807) is 4.90 Å². The van der Waals surface area contributed by atoms with Gasteiger partial charge in [0.05, 0.1) is 13.2 Å². The molecule has 0 aliphatic carbocycles. The molecule has 0 radical (unpaired) electrons. The molecule has 1 saturated heterocycles. The first-order valence-electron chi connectivity index (χ1n) is 7.90. The fourth-order valence-electron chi connectivity index (χ4n) is 2.42. The smallest absolute Gasteiger partial charge is 0.411 e. The number of rotatable bonds is 2. The average Bonchev–Trinajstić information content (AvgIpc) is 3.04. The van der Waals surface area contributed by atoms with Crippen molar-refractivity contribution < 1.29 is 18.8 Å². The van der Waals surface area contributed by atoms with Gasteiger partial charge in [-0.1, -0.05) is 35.5 Å². The fraction of sp³-hybridized carbons (Fsp3) is 0.471. The average molecular weight is 331 g/mol. The van der Waals surface area contributed by atoms with Gasteiger partial charge in [0.2, 0.25) is 5.82 Å². The molecule has 1 atom stereocenters. The van der Waals surface area contributed by atoms with Crippen molar-refractivity contribution in [2.24, 2.45) is 0 Å². The number of aromatic nitrogens is 2. The van der Waals surface area contributed by atoms with Crippen molar-refractivity contribution in [3.63, 3.8) is 0 Å². The molecule has 0 bridgehead atoms. The molecule has 1 amide bonds. The van der Waals surface area contributed by atoms with Crippen molar-refractivity contribution in [3.8, 4) is 11.4 Å². The zero-order valence-electron chi connectivity index (χ0n) is 14.1. The van der Waals surface area contributed by atoms with Gasteiger partial charge < -0.3 is 14.0 Å². The lowest BCUT2D eigenvalue weighted by molar-refractivity contribution is -0.0401. The molecule has 1 aliphatic heterocycles. The molecular formula is C17H21N3O4. The summed E-state index contributed by atoms with van der Waals surface area (Å²) in [5, 5.41) is 4.01. The minimum Gasteiger partial charge on any atom is -0.444 e. The van der Waals surface area contributed by atoms with Crippen molar-refractivity contribution in [1.82, 2.24) is 15.0 Å². The number of morpholine rings is 1. The molecule has 128 valence electrons. The van der Waals surface area contributed by atoms with E-state index < -0.39 is 17.7 Å². The van der Waals surface area contributed by atoms with Gasteiger partial charge in [-0.15, -0.1) is 0 Å². The third kappa shape index (κ3) is 3.73. The quantitative estimate of drug-likeness (QED) is 0.842. The van der Waals surface area contributed by atoms with Gasteiger partial charge >= 0.3 is 6.09 Å². The first kappa shape index (κ1) is 16.4. The summed E-state index contributed by atoms with van der Waals surface area (Å²) in [4.78, 5) is 18.4. The number of carbonyl (C=O) groups is 1. The maximum absolute atomic E-state index is 12.4. The Labute approximate surface area is 140 Å². The Kier molecular flexibility index (Phi) is 4.53. The summed E-state index contributed by atoms with van der Waals surface area (Å²) < 4.78 is 16.3. The van der Waals surface area contributed by atoms with Crippen molar-refractivity contribution in [2.75, 3.05) is 19.8 Å². The topological polar surface area (TPSA) is 77.7 Å².